The van der Waals surface area contributed by atoms with Crippen molar-refractivity contribution in [3.8, 4) is 5.69 Å². The summed E-state index contributed by atoms with van der Waals surface area (Å²) in [6, 6.07) is 14.2. The van der Waals surface area contributed by atoms with E-state index in [-0.39, 0.29) is 0 Å². The third kappa shape index (κ3) is 3.26. The molecule has 5 heteroatoms. The van der Waals surface area contributed by atoms with Crippen molar-refractivity contribution in [2.75, 3.05) is 7.05 Å². The Hall–Kier alpha value is -2.40. The van der Waals surface area contributed by atoms with Gasteiger partial charge in [-0.2, -0.15) is 15.0 Å². The van der Waals surface area contributed by atoms with Crippen LogP contribution in [0.25, 0.3) is 5.69 Å². The van der Waals surface area contributed by atoms with Crippen molar-refractivity contribution in [2.45, 2.75) is 32.4 Å². The maximum absolute atomic E-state index is 5.98. The molecule has 24 heavy (non-hydrogen) atoms. The topological polar surface area (TPSA) is 47.1 Å². The first kappa shape index (κ1) is 15.1. The van der Waals surface area contributed by atoms with Crippen LogP contribution in [0, 0.1) is 5.92 Å². The zero-order valence-electron chi connectivity index (χ0n) is 14.1. The van der Waals surface area contributed by atoms with E-state index < -0.39 is 0 Å². The Labute approximate surface area is 141 Å². The van der Waals surface area contributed by atoms with Crippen LogP contribution >= 0.6 is 0 Å². The van der Waals surface area contributed by atoms with Crippen LogP contribution in [-0.4, -0.2) is 26.9 Å². The first-order valence-corrected chi connectivity index (χ1v) is 8.43. The molecule has 0 amide bonds. The Morgan fingerprint density at radius 1 is 1.17 bits per heavy atom. The van der Waals surface area contributed by atoms with Crippen molar-refractivity contribution in [3.63, 3.8) is 0 Å². The molecule has 124 valence electrons. The summed E-state index contributed by atoms with van der Waals surface area (Å²) in [5, 5.41) is 8.89. The van der Waals surface area contributed by atoms with Gasteiger partial charge < -0.3 is 4.42 Å². The third-order valence-electron chi connectivity index (χ3n) is 4.54. The molecule has 1 aliphatic carbocycles. The van der Waals surface area contributed by atoms with Gasteiger partial charge in [-0.3, -0.25) is 4.90 Å². The Bertz CT molecular complexity index is 808. The lowest BCUT2D eigenvalue weighted by Crippen LogP contribution is -2.17. The molecule has 0 spiro atoms. The predicted octanol–water partition coefficient (Wildman–Crippen LogP) is 3.62. The van der Waals surface area contributed by atoms with Gasteiger partial charge in [-0.05, 0) is 43.7 Å². The average Bonchev–Trinajstić information content (AvgIpc) is 2.99. The fourth-order valence-electron chi connectivity index (χ4n) is 3.05. The summed E-state index contributed by atoms with van der Waals surface area (Å²) < 4.78 is 5.98. The van der Waals surface area contributed by atoms with Crippen LogP contribution in [0.5, 0.6) is 0 Å². The Kier molecular flexibility index (Phi) is 3.94. The molecule has 0 unspecified atom stereocenters. The second-order valence-electron chi connectivity index (χ2n) is 6.76. The lowest BCUT2D eigenvalue weighted by molar-refractivity contribution is 0.280. The summed E-state index contributed by atoms with van der Waals surface area (Å²) in [6.45, 7) is 3.79. The highest BCUT2D eigenvalue weighted by atomic mass is 16.3. The van der Waals surface area contributed by atoms with Gasteiger partial charge in [0.25, 0.3) is 0 Å². The second kappa shape index (κ2) is 6.24. The van der Waals surface area contributed by atoms with Crippen LogP contribution in [0.2, 0.25) is 0 Å². The molecule has 1 fully saturated rings. The van der Waals surface area contributed by atoms with Crippen LogP contribution in [0.3, 0.4) is 0 Å². The third-order valence-corrected chi connectivity index (χ3v) is 4.54. The zero-order valence-corrected chi connectivity index (χ0v) is 14.1. The standard InChI is InChI=1S/C19H22N4O/c1-14-10-18(14)19-9-8-17(24-19)13-22(2)12-15-11-20-23(21-15)16-6-4-3-5-7-16/h3-9,11,14,18H,10,12-13H2,1-2H3/t14-,18+/m1/s1. The van der Waals surface area contributed by atoms with Crippen molar-refractivity contribution >= 4 is 0 Å². The number of aromatic nitrogens is 3. The van der Waals surface area contributed by atoms with Crippen LogP contribution in [0.1, 0.15) is 36.5 Å². The molecule has 1 aromatic carbocycles. The van der Waals surface area contributed by atoms with E-state index >= 15 is 0 Å². The SMILES string of the molecule is C[C@@H]1C[C@@H]1c1ccc(CN(C)Cc2cnn(-c3ccccc3)n2)o1. The smallest absolute Gasteiger partial charge is 0.118 e. The Morgan fingerprint density at radius 2 is 1.96 bits per heavy atom. The molecule has 5 nitrogen and oxygen atoms in total. The van der Waals surface area contributed by atoms with Crippen LogP contribution in [0.4, 0.5) is 0 Å². The highest BCUT2D eigenvalue weighted by Gasteiger charge is 2.36. The summed E-state index contributed by atoms with van der Waals surface area (Å²) in [5.74, 6) is 3.56. The van der Waals surface area contributed by atoms with E-state index in [1.807, 2.05) is 36.5 Å². The molecular weight excluding hydrogens is 300 g/mol. The summed E-state index contributed by atoms with van der Waals surface area (Å²) in [6.07, 6.45) is 3.08. The summed E-state index contributed by atoms with van der Waals surface area (Å²) in [7, 11) is 2.07. The Balaban J connectivity index is 1.37. The maximum Gasteiger partial charge on any atom is 0.118 e. The molecule has 0 bridgehead atoms. The number of hydrogen-bond acceptors (Lipinski definition) is 4. The largest absolute Gasteiger partial charge is 0.464 e. The van der Waals surface area contributed by atoms with Crippen LogP contribution in [0.15, 0.2) is 53.1 Å². The van der Waals surface area contributed by atoms with Gasteiger partial charge in [0.1, 0.15) is 11.5 Å². The van der Waals surface area contributed by atoms with E-state index in [1.54, 1.807) is 4.80 Å². The number of hydrogen-bond donors (Lipinski definition) is 0. The van der Waals surface area contributed by atoms with Crippen LogP contribution in [-0.2, 0) is 13.1 Å². The van der Waals surface area contributed by atoms with Gasteiger partial charge in [0.05, 0.1) is 24.1 Å². The lowest BCUT2D eigenvalue weighted by atomic mass is 10.3. The van der Waals surface area contributed by atoms with Gasteiger partial charge in [-0.15, -0.1) is 0 Å². The fourth-order valence-corrected chi connectivity index (χ4v) is 3.05. The van der Waals surface area contributed by atoms with Crippen molar-refractivity contribution in [1.29, 1.82) is 0 Å². The average molecular weight is 322 g/mol. The van der Waals surface area contributed by atoms with Gasteiger partial charge in [-0.25, -0.2) is 0 Å². The number of para-hydroxylation sites is 1. The van der Waals surface area contributed by atoms with E-state index in [1.165, 1.54) is 6.42 Å². The minimum atomic E-state index is 0.634. The van der Waals surface area contributed by atoms with Gasteiger partial charge in [0, 0.05) is 12.5 Å². The summed E-state index contributed by atoms with van der Waals surface area (Å²) >= 11 is 0. The molecule has 1 saturated carbocycles. The summed E-state index contributed by atoms with van der Waals surface area (Å²) in [4.78, 5) is 3.86. The predicted molar refractivity (Wildman–Crippen MR) is 91.8 cm³/mol. The van der Waals surface area contributed by atoms with E-state index in [4.69, 9.17) is 4.42 Å². The van der Waals surface area contributed by atoms with E-state index in [2.05, 4.69) is 41.2 Å². The number of benzene rings is 1. The van der Waals surface area contributed by atoms with Crippen molar-refractivity contribution in [1.82, 2.24) is 19.9 Å². The quantitative estimate of drug-likeness (QED) is 0.695. The molecule has 2 heterocycles. The lowest BCUT2D eigenvalue weighted by Gasteiger charge is -2.12. The number of rotatable bonds is 6. The number of furan rings is 1. The Morgan fingerprint density at radius 3 is 2.71 bits per heavy atom. The fraction of sp³-hybridized carbons (Fsp3) is 0.368. The van der Waals surface area contributed by atoms with Gasteiger partial charge in [0.2, 0.25) is 0 Å². The second-order valence-corrected chi connectivity index (χ2v) is 6.76. The van der Waals surface area contributed by atoms with Gasteiger partial charge in [0.15, 0.2) is 0 Å². The molecule has 1 aliphatic rings. The van der Waals surface area contributed by atoms with Crippen molar-refractivity contribution < 1.29 is 4.42 Å². The van der Waals surface area contributed by atoms with E-state index in [0.717, 1.165) is 41.9 Å². The normalized spacial score (nSPS) is 19.8. The van der Waals surface area contributed by atoms with Gasteiger partial charge >= 0.3 is 0 Å². The van der Waals surface area contributed by atoms with Crippen LogP contribution < -0.4 is 0 Å². The first-order chi connectivity index (χ1) is 11.7. The first-order valence-electron chi connectivity index (χ1n) is 8.43. The highest BCUT2D eigenvalue weighted by Crippen LogP contribution is 2.47. The highest BCUT2D eigenvalue weighted by molar-refractivity contribution is 5.28. The van der Waals surface area contributed by atoms with Crippen molar-refractivity contribution in [3.05, 3.63) is 65.9 Å². The summed E-state index contributed by atoms with van der Waals surface area (Å²) in [5.41, 5.74) is 1.92. The maximum atomic E-state index is 5.98. The monoisotopic (exact) mass is 322 g/mol. The molecule has 0 saturated heterocycles. The molecule has 0 aliphatic heterocycles. The molecule has 2 aromatic heterocycles. The molecule has 0 N–H and O–H groups in total. The van der Waals surface area contributed by atoms with Crippen molar-refractivity contribution in [2.24, 2.45) is 5.92 Å². The molecule has 0 radical (unpaired) electrons. The van der Waals surface area contributed by atoms with E-state index in [9.17, 15) is 0 Å². The number of nitrogens with zero attached hydrogens (tertiary/aromatic N) is 4. The molecular formula is C19H22N4O. The minimum Gasteiger partial charge on any atom is -0.464 e. The van der Waals surface area contributed by atoms with E-state index in [0.29, 0.717) is 5.92 Å². The molecule has 3 aromatic rings. The molecule has 4 rings (SSSR count). The van der Waals surface area contributed by atoms with Gasteiger partial charge in [-0.1, -0.05) is 25.1 Å². The minimum absolute atomic E-state index is 0.634. The zero-order chi connectivity index (χ0) is 16.5. The molecule has 2 atom stereocenters.